The van der Waals surface area contributed by atoms with Gasteiger partial charge in [-0.1, -0.05) is 0 Å². The summed E-state index contributed by atoms with van der Waals surface area (Å²) >= 11 is 3.27. The molecule has 0 bridgehead atoms. The summed E-state index contributed by atoms with van der Waals surface area (Å²) in [7, 11) is 1.47. The van der Waals surface area contributed by atoms with E-state index in [2.05, 4.69) is 15.9 Å². The van der Waals surface area contributed by atoms with E-state index in [-0.39, 0.29) is 5.75 Å². The zero-order valence-electron chi connectivity index (χ0n) is 8.34. The molecule has 1 aromatic carbocycles. The first-order valence-electron chi connectivity index (χ1n) is 4.23. The number of aliphatic hydroxyl groups excluding tert-OH is 1. The molecule has 0 radical (unpaired) electrons. The number of hydrogen-bond donors (Lipinski definition) is 2. The molecule has 0 amide bonds. The molecule has 0 saturated carbocycles. The van der Waals surface area contributed by atoms with Crippen LogP contribution in [0.2, 0.25) is 0 Å². The molecule has 0 aliphatic rings. The van der Waals surface area contributed by atoms with Gasteiger partial charge >= 0.3 is 0 Å². The number of ether oxygens (including phenoxy) is 1. The fraction of sp³-hybridized carbons (Fsp3) is 0.400. The Morgan fingerprint density at radius 3 is 2.50 bits per heavy atom. The predicted octanol–water partition coefficient (Wildman–Crippen LogP) is 2.53. The standard InChI is InChI=1S/C10H13BrO3/c1-5-4-7(11)10(14-3)9(13)8(5)6(2)12/h4,6,12-13H,1-3H3. The maximum absolute atomic E-state index is 9.81. The van der Waals surface area contributed by atoms with Crippen LogP contribution >= 0.6 is 15.9 Å². The third-order valence-corrected chi connectivity index (χ3v) is 2.67. The number of methoxy groups -OCH3 is 1. The topological polar surface area (TPSA) is 49.7 Å². The molecule has 0 aliphatic heterocycles. The van der Waals surface area contributed by atoms with Crippen LogP contribution in [0, 0.1) is 6.92 Å². The molecular weight excluding hydrogens is 248 g/mol. The summed E-state index contributed by atoms with van der Waals surface area (Å²) in [5.74, 6) is 0.348. The van der Waals surface area contributed by atoms with Gasteiger partial charge < -0.3 is 14.9 Å². The highest BCUT2D eigenvalue weighted by atomic mass is 79.9. The molecule has 0 saturated heterocycles. The van der Waals surface area contributed by atoms with E-state index < -0.39 is 6.10 Å². The minimum absolute atomic E-state index is 0.00521. The largest absolute Gasteiger partial charge is 0.504 e. The lowest BCUT2D eigenvalue weighted by molar-refractivity contribution is 0.193. The molecule has 0 aliphatic carbocycles. The van der Waals surface area contributed by atoms with Crippen LogP contribution < -0.4 is 4.74 Å². The van der Waals surface area contributed by atoms with E-state index in [1.807, 2.05) is 6.92 Å². The maximum Gasteiger partial charge on any atom is 0.175 e. The lowest BCUT2D eigenvalue weighted by Gasteiger charge is -2.15. The van der Waals surface area contributed by atoms with Crippen molar-refractivity contribution in [2.24, 2.45) is 0 Å². The molecule has 0 heterocycles. The van der Waals surface area contributed by atoms with Crippen LogP contribution in [0.25, 0.3) is 0 Å². The maximum atomic E-state index is 9.81. The van der Waals surface area contributed by atoms with E-state index in [0.29, 0.717) is 15.8 Å². The zero-order chi connectivity index (χ0) is 10.9. The Morgan fingerprint density at radius 1 is 1.50 bits per heavy atom. The van der Waals surface area contributed by atoms with Gasteiger partial charge in [0, 0.05) is 5.56 Å². The lowest BCUT2D eigenvalue weighted by atomic mass is 10.0. The van der Waals surface area contributed by atoms with E-state index in [9.17, 15) is 10.2 Å². The number of hydrogen-bond acceptors (Lipinski definition) is 3. The van der Waals surface area contributed by atoms with Crippen LogP contribution in [0.5, 0.6) is 11.5 Å². The van der Waals surface area contributed by atoms with Crippen molar-refractivity contribution >= 4 is 15.9 Å². The summed E-state index contributed by atoms with van der Waals surface area (Å²) in [6.07, 6.45) is -0.711. The number of benzene rings is 1. The fourth-order valence-corrected chi connectivity index (χ4v) is 2.17. The average Bonchev–Trinajstić information content (AvgIpc) is 2.02. The van der Waals surface area contributed by atoms with Gasteiger partial charge in [0.05, 0.1) is 17.7 Å². The van der Waals surface area contributed by atoms with E-state index in [1.54, 1.807) is 13.0 Å². The van der Waals surface area contributed by atoms with Crippen LogP contribution in [0.3, 0.4) is 0 Å². The first-order valence-corrected chi connectivity index (χ1v) is 5.02. The Labute approximate surface area is 91.5 Å². The molecule has 1 unspecified atom stereocenters. The molecule has 78 valence electrons. The molecule has 1 aromatic rings. The van der Waals surface area contributed by atoms with E-state index in [1.165, 1.54) is 7.11 Å². The van der Waals surface area contributed by atoms with Crippen molar-refractivity contribution < 1.29 is 14.9 Å². The predicted molar refractivity (Wildman–Crippen MR) is 57.7 cm³/mol. The van der Waals surface area contributed by atoms with Gasteiger partial charge in [0.25, 0.3) is 0 Å². The SMILES string of the molecule is COc1c(Br)cc(C)c(C(C)O)c1O. The molecule has 0 spiro atoms. The van der Waals surface area contributed by atoms with E-state index in [4.69, 9.17) is 4.74 Å². The Hall–Kier alpha value is -0.740. The van der Waals surface area contributed by atoms with E-state index >= 15 is 0 Å². The van der Waals surface area contributed by atoms with Gasteiger partial charge in [0.1, 0.15) is 0 Å². The van der Waals surface area contributed by atoms with Gasteiger partial charge in [-0.3, -0.25) is 0 Å². The average molecular weight is 261 g/mol. The van der Waals surface area contributed by atoms with Crippen molar-refractivity contribution in [3.8, 4) is 11.5 Å². The Morgan fingerprint density at radius 2 is 2.07 bits per heavy atom. The smallest absolute Gasteiger partial charge is 0.175 e. The van der Waals surface area contributed by atoms with Crippen molar-refractivity contribution in [3.63, 3.8) is 0 Å². The minimum Gasteiger partial charge on any atom is -0.504 e. The highest BCUT2D eigenvalue weighted by molar-refractivity contribution is 9.10. The fourth-order valence-electron chi connectivity index (χ4n) is 1.48. The van der Waals surface area contributed by atoms with Crippen molar-refractivity contribution in [1.82, 2.24) is 0 Å². The summed E-state index contributed by atoms with van der Waals surface area (Å²) in [4.78, 5) is 0. The number of halogens is 1. The quantitative estimate of drug-likeness (QED) is 0.860. The van der Waals surface area contributed by atoms with Crippen molar-refractivity contribution in [2.75, 3.05) is 7.11 Å². The third kappa shape index (κ3) is 1.86. The van der Waals surface area contributed by atoms with Crippen molar-refractivity contribution in [1.29, 1.82) is 0 Å². The van der Waals surface area contributed by atoms with Crippen molar-refractivity contribution in [2.45, 2.75) is 20.0 Å². The van der Waals surface area contributed by atoms with Gasteiger partial charge in [-0.2, -0.15) is 0 Å². The second kappa shape index (κ2) is 4.19. The summed E-state index contributed by atoms with van der Waals surface area (Å²) < 4.78 is 5.69. The lowest BCUT2D eigenvalue weighted by Crippen LogP contribution is -1.98. The highest BCUT2D eigenvalue weighted by Gasteiger charge is 2.18. The molecule has 4 heteroatoms. The van der Waals surface area contributed by atoms with E-state index in [0.717, 1.165) is 5.56 Å². The second-order valence-corrected chi connectivity index (χ2v) is 4.00. The molecule has 1 rings (SSSR count). The van der Waals surface area contributed by atoms with Crippen LogP contribution in [-0.4, -0.2) is 17.3 Å². The monoisotopic (exact) mass is 260 g/mol. The van der Waals surface area contributed by atoms with Gasteiger partial charge in [-0.25, -0.2) is 0 Å². The second-order valence-electron chi connectivity index (χ2n) is 3.15. The highest BCUT2D eigenvalue weighted by Crippen LogP contribution is 2.41. The molecular formula is C10H13BrO3. The van der Waals surface area contributed by atoms with Gasteiger partial charge in [0.2, 0.25) is 0 Å². The minimum atomic E-state index is -0.711. The first-order chi connectivity index (χ1) is 6.49. The number of rotatable bonds is 2. The van der Waals surface area contributed by atoms with Crippen LogP contribution in [0.4, 0.5) is 0 Å². The van der Waals surface area contributed by atoms with Gasteiger partial charge in [-0.15, -0.1) is 0 Å². The van der Waals surface area contributed by atoms with Gasteiger partial charge in [-0.05, 0) is 41.4 Å². The van der Waals surface area contributed by atoms with Crippen LogP contribution in [0.15, 0.2) is 10.5 Å². The molecule has 2 N–H and O–H groups in total. The van der Waals surface area contributed by atoms with Crippen LogP contribution in [-0.2, 0) is 0 Å². The van der Waals surface area contributed by atoms with Gasteiger partial charge in [0.15, 0.2) is 11.5 Å². The molecule has 1 atom stereocenters. The zero-order valence-corrected chi connectivity index (χ0v) is 9.92. The Kier molecular flexibility index (Phi) is 3.39. The third-order valence-electron chi connectivity index (χ3n) is 2.08. The molecule has 0 aromatic heterocycles. The molecule has 14 heavy (non-hydrogen) atoms. The van der Waals surface area contributed by atoms with Crippen molar-refractivity contribution in [3.05, 3.63) is 21.7 Å². The number of phenols is 1. The summed E-state index contributed by atoms with van der Waals surface area (Å²) in [5.41, 5.74) is 1.33. The Bertz CT molecular complexity index is 348. The molecule has 0 fully saturated rings. The number of aryl methyl sites for hydroxylation is 1. The number of aromatic hydroxyl groups is 1. The number of aliphatic hydroxyl groups is 1. The number of phenolic OH excluding ortho intramolecular Hbond substituents is 1. The normalized spacial score (nSPS) is 12.6. The summed E-state index contributed by atoms with van der Waals surface area (Å²) in [5, 5.41) is 19.3. The summed E-state index contributed by atoms with van der Waals surface area (Å²) in [6.45, 7) is 3.43. The Balaban J connectivity index is 3.44. The molecule has 3 nitrogen and oxygen atoms in total. The first kappa shape index (κ1) is 11.3. The summed E-state index contributed by atoms with van der Waals surface area (Å²) in [6, 6.07) is 1.81. The van der Waals surface area contributed by atoms with Crippen LogP contribution in [0.1, 0.15) is 24.2 Å².